The van der Waals surface area contributed by atoms with Gasteiger partial charge in [-0.2, -0.15) is 0 Å². The number of hydrogen-bond acceptors (Lipinski definition) is 3. The first-order chi connectivity index (χ1) is 7.25. The minimum absolute atomic E-state index is 0.308. The van der Waals surface area contributed by atoms with Crippen molar-refractivity contribution in [1.29, 1.82) is 0 Å². The standard InChI is InChI=1S/C12H19NOS/c1-10-11(13)6-5-7-12(10)15-9-4-2-3-8-14/h5-7,14H,2-4,8-9,13H2,1H3. The third-order valence-electron chi connectivity index (χ3n) is 2.39. The summed E-state index contributed by atoms with van der Waals surface area (Å²) in [5.74, 6) is 1.10. The van der Waals surface area contributed by atoms with Gasteiger partial charge in [0.05, 0.1) is 0 Å². The van der Waals surface area contributed by atoms with Gasteiger partial charge < -0.3 is 10.8 Å². The van der Waals surface area contributed by atoms with Crippen LogP contribution in [0.1, 0.15) is 24.8 Å². The van der Waals surface area contributed by atoms with Gasteiger partial charge in [-0.25, -0.2) is 0 Å². The van der Waals surface area contributed by atoms with Crippen LogP contribution < -0.4 is 5.73 Å². The summed E-state index contributed by atoms with van der Waals surface area (Å²) in [6.45, 7) is 2.37. The molecule has 0 aliphatic rings. The number of nitrogen functional groups attached to an aromatic ring is 1. The van der Waals surface area contributed by atoms with E-state index in [1.54, 1.807) is 0 Å². The smallest absolute Gasteiger partial charge is 0.0431 e. The molecule has 3 N–H and O–H groups in total. The highest BCUT2D eigenvalue weighted by Crippen LogP contribution is 2.26. The lowest BCUT2D eigenvalue weighted by molar-refractivity contribution is 0.284. The van der Waals surface area contributed by atoms with Crippen molar-refractivity contribution >= 4 is 17.4 Å². The molecule has 1 rings (SSSR count). The number of rotatable bonds is 6. The highest BCUT2D eigenvalue weighted by Gasteiger charge is 2.01. The Morgan fingerprint density at radius 3 is 2.80 bits per heavy atom. The lowest BCUT2D eigenvalue weighted by Crippen LogP contribution is -1.91. The fourth-order valence-corrected chi connectivity index (χ4v) is 2.44. The summed E-state index contributed by atoms with van der Waals surface area (Å²) in [6, 6.07) is 6.05. The van der Waals surface area contributed by atoms with Crippen molar-refractivity contribution in [3.8, 4) is 0 Å². The first-order valence-electron chi connectivity index (χ1n) is 5.34. The van der Waals surface area contributed by atoms with E-state index < -0.39 is 0 Å². The molecular weight excluding hydrogens is 206 g/mol. The molecule has 1 aromatic carbocycles. The summed E-state index contributed by atoms with van der Waals surface area (Å²) in [5, 5.41) is 8.64. The third kappa shape index (κ3) is 4.14. The van der Waals surface area contributed by atoms with E-state index in [1.165, 1.54) is 10.5 Å². The zero-order chi connectivity index (χ0) is 11.1. The molecule has 0 atom stereocenters. The zero-order valence-electron chi connectivity index (χ0n) is 9.20. The van der Waals surface area contributed by atoms with Crippen LogP contribution in [0.3, 0.4) is 0 Å². The van der Waals surface area contributed by atoms with Gasteiger partial charge in [-0.1, -0.05) is 12.5 Å². The van der Waals surface area contributed by atoms with Crippen LogP contribution in [0.25, 0.3) is 0 Å². The number of unbranched alkanes of at least 4 members (excludes halogenated alkanes) is 2. The second kappa shape index (κ2) is 6.75. The molecule has 0 unspecified atom stereocenters. The van der Waals surface area contributed by atoms with E-state index in [2.05, 4.69) is 13.0 Å². The van der Waals surface area contributed by atoms with Gasteiger partial charge in [-0.05, 0) is 43.2 Å². The number of aliphatic hydroxyl groups excluding tert-OH is 1. The predicted molar refractivity (Wildman–Crippen MR) is 67.3 cm³/mol. The molecule has 0 aliphatic heterocycles. The van der Waals surface area contributed by atoms with Crippen LogP contribution >= 0.6 is 11.8 Å². The van der Waals surface area contributed by atoms with Crippen molar-refractivity contribution in [2.75, 3.05) is 18.1 Å². The molecule has 15 heavy (non-hydrogen) atoms. The van der Waals surface area contributed by atoms with Crippen LogP contribution in [0.15, 0.2) is 23.1 Å². The molecule has 3 heteroatoms. The number of thioether (sulfide) groups is 1. The van der Waals surface area contributed by atoms with Crippen molar-refractivity contribution in [3.05, 3.63) is 23.8 Å². The number of nitrogens with two attached hydrogens (primary N) is 1. The number of anilines is 1. The van der Waals surface area contributed by atoms with Crippen molar-refractivity contribution in [3.63, 3.8) is 0 Å². The fraction of sp³-hybridized carbons (Fsp3) is 0.500. The van der Waals surface area contributed by atoms with Crippen molar-refractivity contribution < 1.29 is 5.11 Å². The highest BCUT2D eigenvalue weighted by atomic mass is 32.2. The Labute approximate surface area is 95.9 Å². The molecule has 0 heterocycles. The Kier molecular flexibility index (Phi) is 5.58. The largest absolute Gasteiger partial charge is 0.398 e. The normalized spacial score (nSPS) is 10.5. The van der Waals surface area contributed by atoms with Gasteiger partial charge >= 0.3 is 0 Å². The summed E-state index contributed by atoms with van der Waals surface area (Å²) < 4.78 is 0. The van der Waals surface area contributed by atoms with E-state index in [-0.39, 0.29) is 0 Å². The van der Waals surface area contributed by atoms with Gasteiger partial charge in [0, 0.05) is 17.2 Å². The molecular formula is C12H19NOS. The van der Waals surface area contributed by atoms with E-state index in [4.69, 9.17) is 10.8 Å². The van der Waals surface area contributed by atoms with Crippen LogP contribution in [0.2, 0.25) is 0 Å². The van der Waals surface area contributed by atoms with Crippen LogP contribution in [0.5, 0.6) is 0 Å². The molecule has 1 aromatic rings. The molecule has 0 radical (unpaired) electrons. The van der Waals surface area contributed by atoms with Crippen LogP contribution in [-0.4, -0.2) is 17.5 Å². The van der Waals surface area contributed by atoms with Crippen molar-refractivity contribution in [1.82, 2.24) is 0 Å². The Morgan fingerprint density at radius 2 is 2.07 bits per heavy atom. The number of aliphatic hydroxyl groups is 1. The molecule has 0 spiro atoms. The lowest BCUT2D eigenvalue weighted by Gasteiger charge is -2.07. The van der Waals surface area contributed by atoms with Gasteiger partial charge in [0.1, 0.15) is 0 Å². The van der Waals surface area contributed by atoms with Crippen LogP contribution in [-0.2, 0) is 0 Å². The molecule has 0 aliphatic carbocycles. The molecule has 0 aromatic heterocycles. The second-order valence-corrected chi connectivity index (χ2v) is 4.74. The van der Waals surface area contributed by atoms with Gasteiger partial charge in [-0.15, -0.1) is 11.8 Å². The minimum Gasteiger partial charge on any atom is -0.398 e. The Bertz CT molecular complexity index is 302. The topological polar surface area (TPSA) is 46.2 Å². The van der Waals surface area contributed by atoms with E-state index in [9.17, 15) is 0 Å². The van der Waals surface area contributed by atoms with E-state index in [0.29, 0.717) is 6.61 Å². The Balaban J connectivity index is 2.34. The van der Waals surface area contributed by atoms with E-state index >= 15 is 0 Å². The van der Waals surface area contributed by atoms with E-state index in [0.717, 1.165) is 30.7 Å². The minimum atomic E-state index is 0.308. The summed E-state index contributed by atoms with van der Waals surface area (Å²) in [5.41, 5.74) is 7.88. The zero-order valence-corrected chi connectivity index (χ0v) is 10.0. The third-order valence-corrected chi connectivity index (χ3v) is 3.63. The van der Waals surface area contributed by atoms with Gasteiger partial charge in [-0.3, -0.25) is 0 Å². The summed E-state index contributed by atoms with van der Waals surface area (Å²) in [7, 11) is 0. The van der Waals surface area contributed by atoms with Gasteiger partial charge in [0.15, 0.2) is 0 Å². The maximum Gasteiger partial charge on any atom is 0.0431 e. The lowest BCUT2D eigenvalue weighted by atomic mass is 10.2. The SMILES string of the molecule is Cc1c(N)cccc1SCCCCCO. The summed E-state index contributed by atoms with van der Waals surface area (Å²) >= 11 is 1.85. The molecule has 0 saturated carbocycles. The van der Waals surface area contributed by atoms with E-state index in [1.807, 2.05) is 23.9 Å². The Hall–Kier alpha value is -0.670. The van der Waals surface area contributed by atoms with Crippen LogP contribution in [0.4, 0.5) is 5.69 Å². The molecule has 2 nitrogen and oxygen atoms in total. The molecule has 0 fully saturated rings. The van der Waals surface area contributed by atoms with Crippen LogP contribution in [0, 0.1) is 6.92 Å². The van der Waals surface area contributed by atoms with Crippen molar-refractivity contribution in [2.24, 2.45) is 0 Å². The molecule has 0 bridgehead atoms. The fourth-order valence-electron chi connectivity index (χ4n) is 1.36. The summed E-state index contributed by atoms with van der Waals surface area (Å²) in [4.78, 5) is 1.28. The molecule has 0 saturated heterocycles. The quantitative estimate of drug-likeness (QED) is 0.444. The maximum absolute atomic E-state index is 8.64. The summed E-state index contributed by atoms with van der Waals surface area (Å²) in [6.07, 6.45) is 3.17. The maximum atomic E-state index is 8.64. The first-order valence-corrected chi connectivity index (χ1v) is 6.33. The highest BCUT2D eigenvalue weighted by molar-refractivity contribution is 7.99. The number of benzene rings is 1. The molecule has 0 amide bonds. The Morgan fingerprint density at radius 1 is 1.27 bits per heavy atom. The average Bonchev–Trinajstić information content (AvgIpc) is 2.24. The first kappa shape index (κ1) is 12.4. The average molecular weight is 225 g/mol. The monoisotopic (exact) mass is 225 g/mol. The van der Waals surface area contributed by atoms with Crippen molar-refractivity contribution in [2.45, 2.75) is 31.1 Å². The second-order valence-electron chi connectivity index (χ2n) is 3.60. The number of hydrogen-bond donors (Lipinski definition) is 2. The van der Waals surface area contributed by atoms with Gasteiger partial charge in [0.25, 0.3) is 0 Å². The predicted octanol–water partition coefficient (Wildman–Crippen LogP) is 2.83. The molecule has 84 valence electrons. The van der Waals surface area contributed by atoms with Gasteiger partial charge in [0.2, 0.25) is 0 Å².